The normalized spacial score (nSPS) is 9.72. The summed E-state index contributed by atoms with van der Waals surface area (Å²) >= 11 is 0. The number of Topliss-reactive ketones (excluding diaryl/α,β-unsaturated/α-hetero) is 1. The summed E-state index contributed by atoms with van der Waals surface area (Å²) in [6.07, 6.45) is 3.94. The fourth-order valence-electron chi connectivity index (χ4n) is 2.20. The predicted octanol–water partition coefficient (Wildman–Crippen LogP) is 5.16. The van der Waals surface area contributed by atoms with Gasteiger partial charge in [-0.15, -0.1) is 0 Å². The Balaban J connectivity index is 0.000000333. The molecule has 2 aromatic carbocycles. The lowest BCUT2D eigenvalue weighted by Crippen LogP contribution is -2.00. The van der Waals surface area contributed by atoms with E-state index >= 15 is 0 Å². The van der Waals surface area contributed by atoms with Crippen molar-refractivity contribution in [1.29, 1.82) is 0 Å². The van der Waals surface area contributed by atoms with E-state index in [1.165, 1.54) is 18.2 Å². The van der Waals surface area contributed by atoms with E-state index in [0.717, 1.165) is 24.8 Å². The first-order valence-corrected chi connectivity index (χ1v) is 8.77. The smallest absolute Gasteiger partial charge is 0.305 e. The van der Waals surface area contributed by atoms with Crippen molar-refractivity contribution in [3.05, 3.63) is 71.3 Å². The van der Waals surface area contributed by atoms with Gasteiger partial charge in [0.1, 0.15) is 0 Å². The fraction of sp³-hybridized carbons (Fsp3) is 0.364. The Morgan fingerprint density at radius 1 is 0.920 bits per heavy atom. The highest BCUT2D eigenvalue weighted by molar-refractivity contribution is 5.96. The van der Waals surface area contributed by atoms with Crippen LogP contribution in [0.15, 0.2) is 54.6 Å². The number of ether oxygens (including phenoxy) is 1. The molecule has 3 heteroatoms. The van der Waals surface area contributed by atoms with Crippen molar-refractivity contribution in [2.24, 2.45) is 0 Å². The molecule has 0 aliphatic heterocycles. The van der Waals surface area contributed by atoms with Crippen LogP contribution in [-0.2, 0) is 16.0 Å². The monoisotopic (exact) mass is 340 g/mol. The van der Waals surface area contributed by atoms with Crippen LogP contribution in [0.3, 0.4) is 0 Å². The molecule has 2 rings (SSSR count). The quantitative estimate of drug-likeness (QED) is 0.516. The molecule has 2 aromatic rings. The summed E-state index contributed by atoms with van der Waals surface area (Å²) < 4.78 is 4.41. The number of carbonyl (C=O) groups excluding carboxylic acids is 2. The molecule has 0 heterocycles. The summed E-state index contributed by atoms with van der Waals surface area (Å²) in [6.45, 7) is 4.11. The number of methoxy groups -OCH3 is 1. The molecule has 0 aliphatic carbocycles. The predicted molar refractivity (Wildman–Crippen MR) is 102 cm³/mol. The Hall–Kier alpha value is -2.42. The summed E-state index contributed by atoms with van der Waals surface area (Å²) in [5.74, 6) is 0.109. The Labute approximate surface area is 151 Å². The second-order valence-corrected chi connectivity index (χ2v) is 5.95. The zero-order valence-corrected chi connectivity index (χ0v) is 15.5. The maximum Gasteiger partial charge on any atom is 0.305 e. The number of ketones is 1. The molecule has 0 aliphatic rings. The zero-order valence-electron chi connectivity index (χ0n) is 15.5. The maximum atomic E-state index is 11.9. The lowest BCUT2D eigenvalue weighted by atomic mass is 10.0. The van der Waals surface area contributed by atoms with E-state index in [1.807, 2.05) is 37.3 Å². The lowest BCUT2D eigenvalue weighted by Gasteiger charge is -2.02. The van der Waals surface area contributed by atoms with Crippen LogP contribution in [0.25, 0.3) is 0 Å². The van der Waals surface area contributed by atoms with E-state index in [4.69, 9.17) is 0 Å². The zero-order chi connectivity index (χ0) is 18.5. The third-order valence-corrected chi connectivity index (χ3v) is 3.82. The molecule has 0 saturated heterocycles. The summed E-state index contributed by atoms with van der Waals surface area (Å²) in [5, 5.41) is 0. The number of rotatable bonds is 7. The molecular formula is C22H28O3. The standard InChI is InChI=1S/C16H16O.C6H12O2/c1-13-7-9-14(10-8-13)11-12-16(17)15-5-3-2-4-6-15;1-3-4-5-6(7)8-2/h2-10H,11-12H2,1H3;3-5H2,1-2H3. The number of aryl methyl sites for hydroxylation is 2. The van der Waals surface area contributed by atoms with Gasteiger partial charge in [0, 0.05) is 18.4 Å². The Morgan fingerprint density at radius 2 is 1.56 bits per heavy atom. The van der Waals surface area contributed by atoms with Crippen LogP contribution in [0.2, 0.25) is 0 Å². The van der Waals surface area contributed by atoms with Crippen molar-refractivity contribution in [3.8, 4) is 0 Å². The first-order chi connectivity index (χ1) is 12.1. The number of unbranched alkanes of at least 4 members (excludes halogenated alkanes) is 1. The summed E-state index contributed by atoms with van der Waals surface area (Å²) in [5.41, 5.74) is 3.28. The van der Waals surface area contributed by atoms with E-state index in [1.54, 1.807) is 0 Å². The second kappa shape index (κ2) is 12.0. The number of carbonyl (C=O) groups is 2. The van der Waals surface area contributed by atoms with E-state index in [0.29, 0.717) is 12.8 Å². The third-order valence-electron chi connectivity index (χ3n) is 3.82. The van der Waals surface area contributed by atoms with Gasteiger partial charge in [0.05, 0.1) is 7.11 Å². The van der Waals surface area contributed by atoms with Crippen LogP contribution in [0.4, 0.5) is 0 Å². The van der Waals surface area contributed by atoms with E-state index in [9.17, 15) is 9.59 Å². The van der Waals surface area contributed by atoms with Gasteiger partial charge >= 0.3 is 5.97 Å². The Morgan fingerprint density at radius 3 is 2.12 bits per heavy atom. The number of hydrogen-bond acceptors (Lipinski definition) is 3. The molecular weight excluding hydrogens is 312 g/mol. The molecule has 134 valence electrons. The maximum absolute atomic E-state index is 11.9. The molecule has 0 unspecified atom stereocenters. The molecule has 0 saturated carbocycles. The highest BCUT2D eigenvalue weighted by Gasteiger charge is 2.04. The molecule has 0 amide bonds. The van der Waals surface area contributed by atoms with Crippen molar-refractivity contribution in [2.75, 3.05) is 7.11 Å². The minimum atomic E-state index is -0.105. The van der Waals surface area contributed by atoms with Crippen LogP contribution in [0, 0.1) is 6.92 Å². The molecule has 0 spiro atoms. The summed E-state index contributed by atoms with van der Waals surface area (Å²) in [7, 11) is 1.41. The minimum absolute atomic E-state index is 0.105. The van der Waals surface area contributed by atoms with Crippen LogP contribution in [0.5, 0.6) is 0 Å². The van der Waals surface area contributed by atoms with Gasteiger partial charge in [-0.25, -0.2) is 0 Å². The highest BCUT2D eigenvalue weighted by atomic mass is 16.5. The highest BCUT2D eigenvalue weighted by Crippen LogP contribution is 2.09. The average molecular weight is 340 g/mol. The number of hydrogen-bond donors (Lipinski definition) is 0. The van der Waals surface area contributed by atoms with E-state index in [2.05, 4.69) is 35.9 Å². The lowest BCUT2D eigenvalue weighted by molar-refractivity contribution is -0.140. The molecule has 3 nitrogen and oxygen atoms in total. The second-order valence-electron chi connectivity index (χ2n) is 5.95. The first-order valence-electron chi connectivity index (χ1n) is 8.77. The van der Waals surface area contributed by atoms with Gasteiger partial charge in [0.15, 0.2) is 5.78 Å². The van der Waals surface area contributed by atoms with E-state index < -0.39 is 0 Å². The Kier molecular flexibility index (Phi) is 9.91. The van der Waals surface area contributed by atoms with Crippen LogP contribution in [0.1, 0.15) is 54.1 Å². The van der Waals surface area contributed by atoms with Gasteiger partial charge in [-0.1, -0.05) is 73.5 Å². The SMILES string of the molecule is CCCCC(=O)OC.Cc1ccc(CCC(=O)c2ccccc2)cc1. The van der Waals surface area contributed by atoms with Gasteiger partial charge in [0.25, 0.3) is 0 Å². The molecule has 0 N–H and O–H groups in total. The van der Waals surface area contributed by atoms with Crippen molar-refractivity contribution in [1.82, 2.24) is 0 Å². The Bertz CT molecular complexity index is 630. The van der Waals surface area contributed by atoms with Gasteiger partial charge in [-0.2, -0.15) is 0 Å². The van der Waals surface area contributed by atoms with Gasteiger partial charge in [-0.05, 0) is 25.3 Å². The van der Waals surface area contributed by atoms with Crippen molar-refractivity contribution in [2.45, 2.75) is 46.0 Å². The van der Waals surface area contributed by atoms with Crippen molar-refractivity contribution < 1.29 is 14.3 Å². The molecule has 0 aromatic heterocycles. The van der Waals surface area contributed by atoms with Crippen molar-refractivity contribution in [3.63, 3.8) is 0 Å². The number of esters is 1. The largest absolute Gasteiger partial charge is 0.469 e. The van der Waals surface area contributed by atoms with Crippen LogP contribution >= 0.6 is 0 Å². The minimum Gasteiger partial charge on any atom is -0.469 e. The van der Waals surface area contributed by atoms with E-state index in [-0.39, 0.29) is 11.8 Å². The summed E-state index contributed by atoms with van der Waals surface area (Å²) in [4.78, 5) is 22.2. The fourth-order valence-corrected chi connectivity index (χ4v) is 2.20. The van der Waals surface area contributed by atoms with Crippen LogP contribution in [-0.4, -0.2) is 18.9 Å². The van der Waals surface area contributed by atoms with Crippen molar-refractivity contribution >= 4 is 11.8 Å². The number of benzene rings is 2. The van der Waals surface area contributed by atoms with Gasteiger partial charge in [-0.3, -0.25) is 9.59 Å². The average Bonchev–Trinajstić information content (AvgIpc) is 2.66. The molecule has 25 heavy (non-hydrogen) atoms. The topological polar surface area (TPSA) is 43.4 Å². The van der Waals surface area contributed by atoms with Crippen LogP contribution < -0.4 is 0 Å². The first kappa shape index (κ1) is 20.6. The molecule has 0 atom stereocenters. The molecule has 0 fully saturated rings. The summed E-state index contributed by atoms with van der Waals surface area (Å²) in [6, 6.07) is 17.8. The molecule has 0 bridgehead atoms. The van der Waals surface area contributed by atoms with Gasteiger partial charge < -0.3 is 4.74 Å². The third kappa shape index (κ3) is 8.85. The van der Waals surface area contributed by atoms with Gasteiger partial charge in [0.2, 0.25) is 0 Å². The molecule has 0 radical (unpaired) electrons.